The van der Waals surface area contributed by atoms with Gasteiger partial charge in [-0.3, -0.25) is 0 Å². The van der Waals surface area contributed by atoms with E-state index in [1.807, 2.05) is 4.90 Å². The number of pyridine rings is 1. The molecule has 4 rings (SSSR count). The molecule has 0 aromatic carbocycles. The first-order valence-corrected chi connectivity index (χ1v) is 10.6. The Morgan fingerprint density at radius 2 is 2.03 bits per heavy atom. The molecule has 172 valence electrons. The van der Waals surface area contributed by atoms with Gasteiger partial charge in [-0.05, 0) is 12.5 Å². The van der Waals surface area contributed by atoms with E-state index in [2.05, 4.69) is 33.4 Å². The van der Waals surface area contributed by atoms with Crippen molar-refractivity contribution in [3.63, 3.8) is 0 Å². The zero-order valence-corrected chi connectivity index (χ0v) is 18.2. The van der Waals surface area contributed by atoms with Crippen molar-refractivity contribution in [2.45, 2.75) is 45.0 Å². The average molecular weight is 449 g/mol. The standard InChI is InChI=1S/C22H26F3N5O2/c1-4-14(2)29-7-5-16(11-29)32-20-17-12-30(8-6-19(17)27-13-28-20)15-9-18(22(23,24)25)21(31-3)26-10-15/h9-10,13,16H,2,4-8,11-12H2,1,3H3. The van der Waals surface area contributed by atoms with Crippen LogP contribution < -0.4 is 14.4 Å². The quantitative estimate of drug-likeness (QED) is 0.664. The number of fused-ring (bicyclic) bond motifs is 1. The normalized spacial score (nSPS) is 18.5. The van der Waals surface area contributed by atoms with Crippen molar-refractivity contribution in [2.75, 3.05) is 31.6 Å². The molecule has 7 nitrogen and oxygen atoms in total. The Hall–Kier alpha value is -3.04. The summed E-state index contributed by atoms with van der Waals surface area (Å²) in [5.41, 5.74) is 2.21. The van der Waals surface area contributed by atoms with Gasteiger partial charge in [0.1, 0.15) is 18.0 Å². The summed E-state index contributed by atoms with van der Waals surface area (Å²) >= 11 is 0. The molecule has 0 bridgehead atoms. The predicted molar refractivity (Wildman–Crippen MR) is 113 cm³/mol. The number of nitrogens with zero attached hydrogens (tertiary/aromatic N) is 5. The Labute approximate surface area is 184 Å². The van der Waals surface area contributed by atoms with Gasteiger partial charge in [-0.2, -0.15) is 13.2 Å². The third-order valence-corrected chi connectivity index (χ3v) is 5.94. The van der Waals surface area contributed by atoms with Gasteiger partial charge < -0.3 is 19.3 Å². The van der Waals surface area contributed by atoms with Crippen LogP contribution in [0, 0.1) is 0 Å². The Bertz CT molecular complexity index is 998. The molecule has 2 aliphatic heterocycles. The second kappa shape index (κ2) is 8.84. The maximum Gasteiger partial charge on any atom is 0.421 e. The zero-order valence-electron chi connectivity index (χ0n) is 18.2. The fourth-order valence-corrected chi connectivity index (χ4v) is 4.11. The van der Waals surface area contributed by atoms with Gasteiger partial charge in [0.05, 0.1) is 43.3 Å². The minimum Gasteiger partial charge on any atom is -0.481 e. The zero-order chi connectivity index (χ0) is 22.9. The molecule has 1 saturated heterocycles. The Morgan fingerprint density at radius 3 is 2.75 bits per heavy atom. The van der Waals surface area contributed by atoms with Crippen molar-refractivity contribution in [3.8, 4) is 11.8 Å². The van der Waals surface area contributed by atoms with E-state index in [-0.39, 0.29) is 6.10 Å². The van der Waals surface area contributed by atoms with Gasteiger partial charge in [-0.25, -0.2) is 15.0 Å². The molecule has 2 aromatic heterocycles. The van der Waals surface area contributed by atoms with E-state index >= 15 is 0 Å². The number of halogens is 3. The van der Waals surface area contributed by atoms with Gasteiger partial charge in [0.2, 0.25) is 11.8 Å². The predicted octanol–water partition coefficient (Wildman–Crippen LogP) is 3.84. The lowest BCUT2D eigenvalue weighted by Gasteiger charge is -2.31. The van der Waals surface area contributed by atoms with E-state index in [1.54, 1.807) is 0 Å². The van der Waals surface area contributed by atoms with Crippen LogP contribution >= 0.6 is 0 Å². The SMILES string of the molecule is C=C(CC)N1CCC(Oc2ncnc3c2CN(c2cnc(OC)c(C(F)(F)F)c2)CC3)C1. The summed E-state index contributed by atoms with van der Waals surface area (Å²) in [4.78, 5) is 16.6. The summed E-state index contributed by atoms with van der Waals surface area (Å²) in [6.45, 7) is 8.65. The first-order chi connectivity index (χ1) is 15.3. The summed E-state index contributed by atoms with van der Waals surface area (Å²) in [5, 5.41) is 0. The number of rotatable bonds is 6. The number of ether oxygens (including phenoxy) is 2. The molecule has 10 heteroatoms. The molecule has 1 atom stereocenters. The van der Waals surface area contributed by atoms with Gasteiger partial charge in [0, 0.05) is 31.6 Å². The molecule has 32 heavy (non-hydrogen) atoms. The molecule has 2 aliphatic rings. The van der Waals surface area contributed by atoms with E-state index in [1.165, 1.54) is 19.6 Å². The molecule has 2 aromatic rings. The van der Waals surface area contributed by atoms with Crippen LogP contribution in [-0.2, 0) is 19.1 Å². The van der Waals surface area contributed by atoms with Crippen molar-refractivity contribution in [2.24, 2.45) is 0 Å². The minimum atomic E-state index is -4.56. The van der Waals surface area contributed by atoms with E-state index in [9.17, 15) is 13.2 Å². The number of methoxy groups -OCH3 is 1. The van der Waals surface area contributed by atoms with Gasteiger partial charge in [0.25, 0.3) is 0 Å². The molecule has 0 amide bonds. The van der Waals surface area contributed by atoms with Crippen molar-refractivity contribution < 1.29 is 22.6 Å². The summed E-state index contributed by atoms with van der Waals surface area (Å²) < 4.78 is 51.3. The highest BCUT2D eigenvalue weighted by Gasteiger charge is 2.36. The molecule has 0 aliphatic carbocycles. The summed E-state index contributed by atoms with van der Waals surface area (Å²) in [6, 6.07) is 1.08. The molecular formula is C22H26F3N5O2. The van der Waals surface area contributed by atoms with Crippen LogP contribution in [0.4, 0.5) is 18.9 Å². The molecule has 1 fully saturated rings. The lowest BCUT2D eigenvalue weighted by atomic mass is 10.1. The van der Waals surface area contributed by atoms with Crippen LogP contribution in [0.5, 0.6) is 11.8 Å². The first-order valence-electron chi connectivity index (χ1n) is 10.6. The third-order valence-electron chi connectivity index (χ3n) is 5.94. The molecule has 0 N–H and O–H groups in total. The van der Waals surface area contributed by atoms with Gasteiger partial charge in [-0.1, -0.05) is 13.5 Å². The first kappa shape index (κ1) is 22.2. The molecule has 1 unspecified atom stereocenters. The minimum absolute atomic E-state index is 0.0211. The maximum atomic E-state index is 13.4. The lowest BCUT2D eigenvalue weighted by Crippen LogP contribution is -2.33. The van der Waals surface area contributed by atoms with Crippen LogP contribution in [0.3, 0.4) is 0 Å². The number of likely N-dealkylation sites (tertiary alicyclic amines) is 1. The van der Waals surface area contributed by atoms with Crippen molar-refractivity contribution in [1.29, 1.82) is 0 Å². The molecule has 4 heterocycles. The molecule has 0 spiro atoms. The highest BCUT2D eigenvalue weighted by Crippen LogP contribution is 2.38. The fourth-order valence-electron chi connectivity index (χ4n) is 4.11. The summed E-state index contributed by atoms with van der Waals surface area (Å²) in [7, 11) is 1.18. The van der Waals surface area contributed by atoms with Crippen LogP contribution in [0.15, 0.2) is 30.9 Å². The van der Waals surface area contributed by atoms with Crippen molar-refractivity contribution in [3.05, 3.63) is 47.7 Å². The number of aromatic nitrogens is 3. The number of allylic oxidation sites excluding steroid dienone is 1. The van der Waals surface area contributed by atoms with E-state index in [4.69, 9.17) is 9.47 Å². The van der Waals surface area contributed by atoms with Crippen LogP contribution in [0.2, 0.25) is 0 Å². The Morgan fingerprint density at radius 1 is 1.22 bits per heavy atom. The van der Waals surface area contributed by atoms with Crippen molar-refractivity contribution in [1.82, 2.24) is 19.9 Å². The number of alkyl halides is 3. The molecular weight excluding hydrogens is 423 g/mol. The topological polar surface area (TPSA) is 63.6 Å². The Balaban J connectivity index is 1.55. The fraction of sp³-hybridized carbons (Fsp3) is 0.500. The average Bonchev–Trinajstić information content (AvgIpc) is 3.26. The van der Waals surface area contributed by atoms with E-state index in [0.29, 0.717) is 31.1 Å². The van der Waals surface area contributed by atoms with Gasteiger partial charge in [-0.15, -0.1) is 0 Å². The Kier molecular flexibility index (Phi) is 6.12. The lowest BCUT2D eigenvalue weighted by molar-refractivity contribution is -0.139. The van der Waals surface area contributed by atoms with E-state index in [0.717, 1.165) is 49.0 Å². The largest absolute Gasteiger partial charge is 0.481 e. The smallest absolute Gasteiger partial charge is 0.421 e. The monoisotopic (exact) mass is 449 g/mol. The maximum absolute atomic E-state index is 13.4. The second-order valence-electron chi connectivity index (χ2n) is 7.92. The van der Waals surface area contributed by atoms with E-state index < -0.39 is 17.6 Å². The number of anilines is 1. The number of hydrogen-bond donors (Lipinski definition) is 0. The highest BCUT2D eigenvalue weighted by atomic mass is 19.4. The van der Waals surface area contributed by atoms with Gasteiger partial charge in [0.15, 0.2) is 0 Å². The van der Waals surface area contributed by atoms with Crippen LogP contribution in [-0.4, -0.2) is 52.7 Å². The van der Waals surface area contributed by atoms with Crippen LogP contribution in [0.25, 0.3) is 0 Å². The van der Waals surface area contributed by atoms with Gasteiger partial charge >= 0.3 is 6.18 Å². The molecule has 0 radical (unpaired) electrons. The molecule has 0 saturated carbocycles. The summed E-state index contributed by atoms with van der Waals surface area (Å²) in [6.07, 6.45) is 0.625. The summed E-state index contributed by atoms with van der Waals surface area (Å²) in [5.74, 6) is 0.0525. The highest BCUT2D eigenvalue weighted by molar-refractivity contribution is 5.53. The third kappa shape index (κ3) is 4.44. The number of hydrogen-bond acceptors (Lipinski definition) is 7. The van der Waals surface area contributed by atoms with Crippen LogP contribution in [0.1, 0.15) is 36.6 Å². The second-order valence-corrected chi connectivity index (χ2v) is 7.92. The van der Waals surface area contributed by atoms with Crippen molar-refractivity contribution >= 4 is 5.69 Å².